The highest BCUT2D eigenvalue weighted by atomic mass is 32.2. The van der Waals surface area contributed by atoms with E-state index >= 15 is 0 Å². The van der Waals surface area contributed by atoms with E-state index < -0.39 is 22.2 Å². The zero-order chi connectivity index (χ0) is 24.0. The maximum absolute atomic E-state index is 13.1. The molecule has 2 fully saturated rings. The van der Waals surface area contributed by atoms with Gasteiger partial charge in [0.05, 0.1) is 36.8 Å². The van der Waals surface area contributed by atoms with Crippen molar-refractivity contribution in [2.24, 2.45) is 17.0 Å². The predicted octanol–water partition coefficient (Wildman–Crippen LogP) is 2.12. The molecule has 3 unspecified atom stereocenters. The minimum Gasteiger partial charge on any atom is -0.442 e. The fourth-order valence-electron chi connectivity index (χ4n) is 3.88. The van der Waals surface area contributed by atoms with Crippen LogP contribution in [-0.4, -0.2) is 85.8 Å². The summed E-state index contributed by atoms with van der Waals surface area (Å²) in [6, 6.07) is 5.97. The standard InChI is InChI=1S/C21H31N3O8S/c1-15(2)13-23(33(28,29)17-6-4-16(5-7-17)12-22-26)9-3-10-24(27)21(25)32-19-14-31-20-18(19)8-11-30-20/h4-7,12,15,18-20,26-27H,3,8-11,13-14H2,1-2H3. The summed E-state index contributed by atoms with van der Waals surface area (Å²) in [5, 5.41) is 22.1. The van der Waals surface area contributed by atoms with Crippen molar-refractivity contribution in [2.45, 2.75) is 44.0 Å². The fourth-order valence-corrected chi connectivity index (χ4v) is 5.53. The summed E-state index contributed by atoms with van der Waals surface area (Å²) in [6.45, 7) is 4.87. The van der Waals surface area contributed by atoms with Gasteiger partial charge in [-0.25, -0.2) is 13.2 Å². The summed E-state index contributed by atoms with van der Waals surface area (Å²) in [7, 11) is -3.79. The Labute approximate surface area is 193 Å². The molecule has 0 spiro atoms. The first-order valence-electron chi connectivity index (χ1n) is 10.9. The third-order valence-corrected chi connectivity index (χ3v) is 7.40. The molecule has 1 aromatic rings. The molecule has 1 amide bonds. The van der Waals surface area contributed by atoms with E-state index in [1.807, 2.05) is 13.8 Å². The summed E-state index contributed by atoms with van der Waals surface area (Å²) in [6.07, 6.45) is 0.406. The molecule has 0 radical (unpaired) electrons. The molecule has 2 aliphatic rings. The van der Waals surface area contributed by atoms with Crippen LogP contribution in [0.1, 0.15) is 32.3 Å². The smallest absolute Gasteiger partial charge is 0.434 e. The van der Waals surface area contributed by atoms with E-state index in [4.69, 9.17) is 19.4 Å². The van der Waals surface area contributed by atoms with Crippen molar-refractivity contribution < 1.29 is 37.8 Å². The Balaban J connectivity index is 1.55. The lowest BCUT2D eigenvalue weighted by molar-refractivity contribution is -0.0926. The molecule has 0 bridgehead atoms. The SMILES string of the molecule is CC(C)CN(CCCN(O)C(=O)OC1COC2OCCC12)S(=O)(=O)c1ccc(C=NO)cc1. The van der Waals surface area contributed by atoms with Crippen LogP contribution in [0.2, 0.25) is 0 Å². The van der Waals surface area contributed by atoms with Crippen molar-refractivity contribution in [1.29, 1.82) is 0 Å². The monoisotopic (exact) mass is 485 g/mol. The maximum atomic E-state index is 13.1. The van der Waals surface area contributed by atoms with Crippen LogP contribution in [0.25, 0.3) is 0 Å². The van der Waals surface area contributed by atoms with Crippen LogP contribution < -0.4 is 0 Å². The first kappa shape index (κ1) is 25.4. The van der Waals surface area contributed by atoms with Crippen LogP contribution >= 0.6 is 0 Å². The van der Waals surface area contributed by atoms with Crippen molar-refractivity contribution >= 4 is 22.3 Å². The summed E-state index contributed by atoms with van der Waals surface area (Å²) in [5.74, 6) is 0.0313. The second-order valence-corrected chi connectivity index (χ2v) is 10.4. The Hall–Kier alpha value is -2.25. The summed E-state index contributed by atoms with van der Waals surface area (Å²) in [4.78, 5) is 12.3. The van der Waals surface area contributed by atoms with Crippen LogP contribution in [0.3, 0.4) is 0 Å². The fraction of sp³-hybridized carbons (Fsp3) is 0.619. The van der Waals surface area contributed by atoms with Crippen molar-refractivity contribution in [3.8, 4) is 0 Å². The third-order valence-electron chi connectivity index (χ3n) is 5.52. The van der Waals surface area contributed by atoms with Gasteiger partial charge in [-0.05, 0) is 36.5 Å². The van der Waals surface area contributed by atoms with Gasteiger partial charge in [0.25, 0.3) is 0 Å². The summed E-state index contributed by atoms with van der Waals surface area (Å²) in [5.41, 5.74) is 0.560. The molecular weight excluding hydrogens is 454 g/mol. The van der Waals surface area contributed by atoms with Gasteiger partial charge < -0.3 is 19.4 Å². The number of hydroxylamine groups is 2. The van der Waals surface area contributed by atoms with E-state index in [1.165, 1.54) is 34.8 Å². The number of amides is 1. The molecule has 1 aromatic carbocycles. The van der Waals surface area contributed by atoms with E-state index in [9.17, 15) is 18.4 Å². The topological polar surface area (TPSA) is 138 Å². The number of hydrogen-bond donors (Lipinski definition) is 2. The average molecular weight is 486 g/mol. The van der Waals surface area contributed by atoms with Gasteiger partial charge in [-0.1, -0.05) is 31.1 Å². The van der Waals surface area contributed by atoms with Crippen molar-refractivity contribution in [2.75, 3.05) is 32.8 Å². The van der Waals surface area contributed by atoms with Crippen LogP contribution in [-0.2, 0) is 24.2 Å². The van der Waals surface area contributed by atoms with Gasteiger partial charge in [0.15, 0.2) is 6.29 Å². The van der Waals surface area contributed by atoms with E-state index in [0.29, 0.717) is 17.2 Å². The molecule has 0 aromatic heterocycles. The Bertz CT molecular complexity index is 922. The normalized spacial score (nSPS) is 22.9. The van der Waals surface area contributed by atoms with E-state index in [0.717, 1.165) is 6.42 Å². The average Bonchev–Trinajstić information content (AvgIpc) is 3.38. The van der Waals surface area contributed by atoms with Gasteiger partial charge >= 0.3 is 6.09 Å². The van der Waals surface area contributed by atoms with Gasteiger partial charge in [0.2, 0.25) is 10.0 Å². The Kier molecular flexibility index (Phi) is 8.65. The molecule has 11 nitrogen and oxygen atoms in total. The lowest BCUT2D eigenvalue weighted by atomic mass is 10.0. The molecule has 2 aliphatic heterocycles. The number of ether oxygens (including phenoxy) is 3. The quantitative estimate of drug-likeness (QED) is 0.222. The zero-order valence-corrected chi connectivity index (χ0v) is 19.6. The van der Waals surface area contributed by atoms with Gasteiger partial charge in [0.1, 0.15) is 6.10 Å². The number of sulfonamides is 1. The molecule has 184 valence electrons. The van der Waals surface area contributed by atoms with Gasteiger partial charge in [0, 0.05) is 13.1 Å². The van der Waals surface area contributed by atoms with Crippen molar-refractivity contribution in [3.63, 3.8) is 0 Å². The highest BCUT2D eigenvalue weighted by molar-refractivity contribution is 7.89. The van der Waals surface area contributed by atoms with Crippen molar-refractivity contribution in [1.82, 2.24) is 9.37 Å². The number of oxime groups is 1. The number of nitrogens with zero attached hydrogens (tertiary/aromatic N) is 3. The molecule has 2 saturated heterocycles. The largest absolute Gasteiger partial charge is 0.442 e. The summed E-state index contributed by atoms with van der Waals surface area (Å²) >= 11 is 0. The highest BCUT2D eigenvalue weighted by Gasteiger charge is 2.44. The minimum absolute atomic E-state index is 0.0379. The minimum atomic E-state index is -3.79. The molecular formula is C21H31N3O8S. The van der Waals surface area contributed by atoms with E-state index in [1.54, 1.807) is 0 Å². The Morgan fingerprint density at radius 3 is 2.67 bits per heavy atom. The lowest BCUT2D eigenvalue weighted by Gasteiger charge is -2.25. The molecule has 2 N–H and O–H groups in total. The van der Waals surface area contributed by atoms with Crippen LogP contribution in [0.15, 0.2) is 34.3 Å². The van der Waals surface area contributed by atoms with Gasteiger partial charge in [-0.2, -0.15) is 9.37 Å². The first-order chi connectivity index (χ1) is 15.7. The van der Waals surface area contributed by atoms with Gasteiger partial charge in [-0.3, -0.25) is 5.21 Å². The van der Waals surface area contributed by atoms with Gasteiger partial charge in [-0.15, -0.1) is 0 Å². The number of benzene rings is 1. The molecule has 3 atom stereocenters. The number of carbonyl (C=O) groups excluding carboxylic acids is 1. The Morgan fingerprint density at radius 1 is 1.27 bits per heavy atom. The van der Waals surface area contributed by atoms with Crippen LogP contribution in [0.5, 0.6) is 0 Å². The first-order valence-corrected chi connectivity index (χ1v) is 12.3. The predicted molar refractivity (Wildman–Crippen MR) is 117 cm³/mol. The Morgan fingerprint density at radius 2 is 2.00 bits per heavy atom. The molecule has 0 aliphatic carbocycles. The van der Waals surface area contributed by atoms with E-state index in [2.05, 4.69) is 5.16 Å². The number of hydrogen-bond acceptors (Lipinski definition) is 9. The molecule has 3 rings (SSSR count). The second-order valence-electron chi connectivity index (χ2n) is 8.49. The highest BCUT2D eigenvalue weighted by Crippen LogP contribution is 2.33. The zero-order valence-electron chi connectivity index (χ0n) is 18.7. The lowest BCUT2D eigenvalue weighted by Crippen LogP contribution is -2.38. The molecule has 0 saturated carbocycles. The van der Waals surface area contributed by atoms with Crippen LogP contribution in [0.4, 0.5) is 4.79 Å². The van der Waals surface area contributed by atoms with Crippen LogP contribution in [0, 0.1) is 11.8 Å². The number of fused-ring (bicyclic) bond motifs is 1. The molecule has 33 heavy (non-hydrogen) atoms. The third kappa shape index (κ3) is 6.42. The summed E-state index contributed by atoms with van der Waals surface area (Å²) < 4.78 is 43.8. The number of carbonyl (C=O) groups is 1. The number of rotatable bonds is 10. The van der Waals surface area contributed by atoms with E-state index in [-0.39, 0.29) is 55.7 Å². The molecule has 2 heterocycles. The second kappa shape index (κ2) is 11.3. The maximum Gasteiger partial charge on any atom is 0.434 e. The molecule has 12 heteroatoms. The van der Waals surface area contributed by atoms with Crippen molar-refractivity contribution in [3.05, 3.63) is 29.8 Å².